The van der Waals surface area contributed by atoms with Gasteiger partial charge in [-0.1, -0.05) is 48.1 Å². The average Bonchev–Trinajstić information content (AvgIpc) is 2.92. The van der Waals surface area contributed by atoms with Crippen LogP contribution in [0.25, 0.3) is 0 Å². The Morgan fingerprint density at radius 1 is 1.40 bits per heavy atom. The maximum Gasteiger partial charge on any atom is 0.416 e. The number of benzene rings is 1. The highest BCUT2D eigenvalue weighted by molar-refractivity contribution is 5.95. The van der Waals surface area contributed by atoms with Gasteiger partial charge in [0.1, 0.15) is 6.61 Å². The lowest BCUT2D eigenvalue weighted by Crippen LogP contribution is -2.46. The van der Waals surface area contributed by atoms with E-state index < -0.39 is 24.0 Å². The number of carbonyl (C=O) groups excluding carboxylic acids is 2. The summed E-state index contributed by atoms with van der Waals surface area (Å²) in [5.74, 6) is -1.18. The summed E-state index contributed by atoms with van der Waals surface area (Å²) >= 11 is 0. The van der Waals surface area contributed by atoms with Crippen LogP contribution in [0.2, 0.25) is 0 Å². The first kappa shape index (κ1) is 18.9. The molecule has 1 aromatic rings. The average molecular weight is 343 g/mol. The molecule has 3 atom stereocenters. The second-order valence-corrected chi connectivity index (χ2v) is 6.49. The van der Waals surface area contributed by atoms with Crippen LogP contribution < -0.4 is 0 Å². The summed E-state index contributed by atoms with van der Waals surface area (Å²) in [6, 6.07) is 9.28. The van der Waals surface area contributed by atoms with Crippen molar-refractivity contribution in [2.45, 2.75) is 38.8 Å². The number of imide groups is 1. The third-order valence-electron chi connectivity index (χ3n) is 4.17. The first-order valence-electron chi connectivity index (χ1n) is 8.41. The van der Waals surface area contributed by atoms with Crippen LogP contribution in [0.5, 0.6) is 0 Å². The van der Waals surface area contributed by atoms with E-state index in [0.29, 0.717) is 6.42 Å². The van der Waals surface area contributed by atoms with Crippen LogP contribution in [0, 0.1) is 5.92 Å². The SMILES string of the molecule is C=CC[C@H](C(=O)N1C(=O)OC[C@@H]1Cc1ccccc1)[C@H](O)C=C(C)C. The van der Waals surface area contributed by atoms with Crippen molar-refractivity contribution in [3.63, 3.8) is 0 Å². The largest absolute Gasteiger partial charge is 0.447 e. The molecular weight excluding hydrogens is 318 g/mol. The molecule has 5 heteroatoms. The molecule has 1 fully saturated rings. The van der Waals surface area contributed by atoms with E-state index in [1.165, 1.54) is 0 Å². The van der Waals surface area contributed by atoms with Gasteiger partial charge in [-0.15, -0.1) is 6.58 Å². The van der Waals surface area contributed by atoms with E-state index in [1.807, 2.05) is 44.2 Å². The van der Waals surface area contributed by atoms with Crippen LogP contribution in [0.4, 0.5) is 4.79 Å². The number of allylic oxidation sites excluding steroid dienone is 2. The van der Waals surface area contributed by atoms with Crippen LogP contribution in [-0.2, 0) is 16.0 Å². The summed E-state index contributed by atoms with van der Waals surface area (Å²) in [6.45, 7) is 7.52. The number of rotatable bonds is 7. The molecule has 0 aromatic heterocycles. The van der Waals surface area contributed by atoms with Gasteiger partial charge in [-0.05, 0) is 32.3 Å². The number of carbonyl (C=O) groups is 2. The monoisotopic (exact) mass is 343 g/mol. The molecule has 1 N–H and O–H groups in total. The quantitative estimate of drug-likeness (QED) is 0.773. The molecule has 0 bridgehead atoms. The molecule has 134 valence electrons. The summed E-state index contributed by atoms with van der Waals surface area (Å²) in [4.78, 5) is 26.2. The van der Waals surface area contributed by atoms with E-state index in [1.54, 1.807) is 12.2 Å². The smallest absolute Gasteiger partial charge is 0.416 e. The number of amides is 2. The maximum atomic E-state index is 13.0. The fourth-order valence-electron chi connectivity index (χ4n) is 2.97. The summed E-state index contributed by atoms with van der Waals surface area (Å²) in [5.41, 5.74) is 1.92. The first-order chi connectivity index (χ1) is 11.9. The Balaban J connectivity index is 2.21. The van der Waals surface area contributed by atoms with Crippen molar-refractivity contribution in [3.8, 4) is 0 Å². The number of cyclic esters (lactones) is 1. The number of hydrogen-bond donors (Lipinski definition) is 1. The van der Waals surface area contributed by atoms with Crippen molar-refractivity contribution >= 4 is 12.0 Å². The fraction of sp³-hybridized carbons (Fsp3) is 0.400. The lowest BCUT2D eigenvalue weighted by Gasteiger charge is -2.26. The number of aliphatic hydroxyl groups is 1. The highest BCUT2D eigenvalue weighted by Crippen LogP contribution is 2.24. The lowest BCUT2D eigenvalue weighted by molar-refractivity contribution is -0.136. The van der Waals surface area contributed by atoms with Gasteiger partial charge in [0.2, 0.25) is 5.91 Å². The number of nitrogens with zero attached hydrogens (tertiary/aromatic N) is 1. The Bertz CT molecular complexity index is 649. The van der Waals surface area contributed by atoms with E-state index in [0.717, 1.165) is 16.0 Å². The highest BCUT2D eigenvalue weighted by Gasteiger charge is 2.41. The zero-order valence-electron chi connectivity index (χ0n) is 14.7. The lowest BCUT2D eigenvalue weighted by atomic mass is 9.94. The van der Waals surface area contributed by atoms with Crippen LogP contribution in [0.3, 0.4) is 0 Å². The third-order valence-corrected chi connectivity index (χ3v) is 4.17. The molecular formula is C20H25NO4. The van der Waals surface area contributed by atoms with Gasteiger partial charge >= 0.3 is 6.09 Å². The molecule has 1 heterocycles. The van der Waals surface area contributed by atoms with Gasteiger partial charge in [-0.2, -0.15) is 0 Å². The van der Waals surface area contributed by atoms with Gasteiger partial charge in [0.05, 0.1) is 18.1 Å². The molecule has 1 aliphatic rings. The minimum Gasteiger partial charge on any atom is -0.447 e. The van der Waals surface area contributed by atoms with Crippen LogP contribution >= 0.6 is 0 Å². The molecule has 2 rings (SSSR count). The van der Waals surface area contributed by atoms with E-state index in [9.17, 15) is 14.7 Å². The molecule has 0 saturated carbocycles. The predicted octanol–water partition coefficient (Wildman–Crippen LogP) is 3.10. The highest BCUT2D eigenvalue weighted by atomic mass is 16.6. The summed E-state index contributed by atoms with van der Waals surface area (Å²) in [5, 5.41) is 10.4. The number of ether oxygens (including phenoxy) is 1. The van der Waals surface area contributed by atoms with Crippen molar-refractivity contribution in [1.82, 2.24) is 4.90 Å². The van der Waals surface area contributed by atoms with E-state index in [4.69, 9.17) is 4.74 Å². The second kappa shape index (κ2) is 8.62. The van der Waals surface area contributed by atoms with Gasteiger partial charge in [-0.25, -0.2) is 9.69 Å². The van der Waals surface area contributed by atoms with Crippen molar-refractivity contribution < 1.29 is 19.4 Å². The summed E-state index contributed by atoms with van der Waals surface area (Å²) < 4.78 is 5.10. The molecule has 1 saturated heterocycles. The van der Waals surface area contributed by atoms with Crippen LogP contribution in [0.15, 0.2) is 54.6 Å². The molecule has 25 heavy (non-hydrogen) atoms. The molecule has 2 amide bonds. The van der Waals surface area contributed by atoms with Crippen molar-refractivity contribution in [2.24, 2.45) is 5.92 Å². The Hall–Kier alpha value is -2.40. The Morgan fingerprint density at radius 3 is 2.68 bits per heavy atom. The molecule has 0 radical (unpaired) electrons. The van der Waals surface area contributed by atoms with Gasteiger partial charge in [0.25, 0.3) is 0 Å². The zero-order valence-corrected chi connectivity index (χ0v) is 14.7. The van der Waals surface area contributed by atoms with Crippen LogP contribution in [-0.4, -0.2) is 40.8 Å². The standard InChI is InChI=1S/C20H25NO4/c1-4-8-17(18(22)11-14(2)3)19(23)21-16(13-25-20(21)24)12-15-9-6-5-7-10-15/h4-7,9-11,16-18,22H,1,8,12-13H2,2-3H3/t16-,17-,18+/m0/s1. The Labute approximate surface area is 148 Å². The number of hydrogen-bond acceptors (Lipinski definition) is 4. The Kier molecular flexibility index (Phi) is 6.53. The summed E-state index contributed by atoms with van der Waals surface area (Å²) in [6.07, 6.45) is 2.40. The molecule has 0 unspecified atom stereocenters. The second-order valence-electron chi connectivity index (χ2n) is 6.49. The Morgan fingerprint density at radius 2 is 2.08 bits per heavy atom. The number of aliphatic hydroxyl groups excluding tert-OH is 1. The van der Waals surface area contributed by atoms with Gasteiger partial charge in [-0.3, -0.25) is 4.79 Å². The van der Waals surface area contributed by atoms with Gasteiger partial charge in [0, 0.05) is 0 Å². The van der Waals surface area contributed by atoms with Crippen molar-refractivity contribution in [3.05, 3.63) is 60.2 Å². The van der Waals surface area contributed by atoms with E-state index >= 15 is 0 Å². The topological polar surface area (TPSA) is 66.8 Å². The van der Waals surface area contributed by atoms with Crippen molar-refractivity contribution in [2.75, 3.05) is 6.61 Å². The van der Waals surface area contributed by atoms with Gasteiger partial charge < -0.3 is 9.84 Å². The third kappa shape index (κ3) is 4.79. The fourth-order valence-corrected chi connectivity index (χ4v) is 2.97. The predicted molar refractivity (Wildman–Crippen MR) is 95.9 cm³/mol. The molecule has 0 aliphatic carbocycles. The molecule has 5 nitrogen and oxygen atoms in total. The van der Waals surface area contributed by atoms with E-state index in [2.05, 4.69) is 6.58 Å². The van der Waals surface area contributed by atoms with Gasteiger partial charge in [0.15, 0.2) is 0 Å². The first-order valence-corrected chi connectivity index (χ1v) is 8.41. The van der Waals surface area contributed by atoms with Crippen LogP contribution in [0.1, 0.15) is 25.8 Å². The molecule has 1 aromatic carbocycles. The maximum absolute atomic E-state index is 13.0. The zero-order chi connectivity index (χ0) is 18.4. The normalized spacial score (nSPS) is 19.1. The summed E-state index contributed by atoms with van der Waals surface area (Å²) in [7, 11) is 0. The minimum absolute atomic E-state index is 0.166. The van der Waals surface area contributed by atoms with Crippen molar-refractivity contribution in [1.29, 1.82) is 0 Å². The molecule has 1 aliphatic heterocycles. The molecule has 0 spiro atoms. The minimum atomic E-state index is -0.971. The van der Waals surface area contributed by atoms with E-state index in [-0.39, 0.29) is 19.1 Å².